The molecule has 52 valence electrons. The molecule has 0 aliphatic heterocycles. The van der Waals surface area contributed by atoms with Gasteiger partial charge in [-0.15, -0.1) is 13.2 Å². The molecule has 0 nitrogen and oxygen atoms in total. The molecule has 0 heterocycles. The molecule has 0 spiro atoms. The molecule has 2 atom stereocenters. The van der Waals surface area contributed by atoms with E-state index in [-0.39, 0.29) is 0 Å². The predicted molar refractivity (Wildman–Crippen MR) is 45.7 cm³/mol. The van der Waals surface area contributed by atoms with Crippen molar-refractivity contribution in [1.82, 2.24) is 0 Å². The Morgan fingerprint density at radius 3 is 1.60 bits per heavy atom. The summed E-state index contributed by atoms with van der Waals surface area (Å²) in [5, 5.41) is 0. The molecule has 0 radical (unpaired) electrons. The van der Waals surface area contributed by atoms with E-state index < -0.39 is 0 Å². The van der Waals surface area contributed by atoms with Crippen LogP contribution in [0.1, 0.15) is 0 Å². The van der Waals surface area contributed by atoms with Crippen molar-refractivity contribution in [2.75, 3.05) is 0 Å². The third-order valence-corrected chi connectivity index (χ3v) is 1.77. The monoisotopic (exact) mass is 132 g/mol. The van der Waals surface area contributed by atoms with E-state index in [9.17, 15) is 0 Å². The smallest absolute Gasteiger partial charge is 0.00446 e. The van der Waals surface area contributed by atoms with Gasteiger partial charge in [0.15, 0.2) is 0 Å². The minimum absolute atomic E-state index is 0.447. The van der Waals surface area contributed by atoms with Crippen molar-refractivity contribution in [3.05, 3.63) is 49.6 Å². The SMILES string of the molecule is C=CC1C=CC=CC1C=C. The van der Waals surface area contributed by atoms with Crippen molar-refractivity contribution in [2.24, 2.45) is 11.8 Å². The highest BCUT2D eigenvalue weighted by molar-refractivity contribution is 5.20. The van der Waals surface area contributed by atoms with E-state index in [1.165, 1.54) is 0 Å². The van der Waals surface area contributed by atoms with Gasteiger partial charge in [0.2, 0.25) is 0 Å². The van der Waals surface area contributed by atoms with Crippen LogP contribution in [0.2, 0.25) is 0 Å². The highest BCUT2D eigenvalue weighted by Crippen LogP contribution is 2.20. The van der Waals surface area contributed by atoms with Crippen LogP contribution >= 0.6 is 0 Å². The van der Waals surface area contributed by atoms with Crippen LogP contribution in [0.25, 0.3) is 0 Å². The van der Waals surface area contributed by atoms with Gasteiger partial charge < -0.3 is 0 Å². The fourth-order valence-electron chi connectivity index (χ4n) is 1.11. The standard InChI is InChI=1S/C10H12/c1-3-9-7-5-6-8-10(9)4-2/h3-10H,1-2H2. The topological polar surface area (TPSA) is 0 Å². The highest BCUT2D eigenvalue weighted by Gasteiger charge is 2.10. The second kappa shape index (κ2) is 3.21. The van der Waals surface area contributed by atoms with Gasteiger partial charge >= 0.3 is 0 Å². The van der Waals surface area contributed by atoms with Crippen LogP contribution in [0.15, 0.2) is 49.6 Å². The van der Waals surface area contributed by atoms with Crippen molar-refractivity contribution in [1.29, 1.82) is 0 Å². The van der Waals surface area contributed by atoms with Crippen LogP contribution in [0, 0.1) is 11.8 Å². The van der Waals surface area contributed by atoms with Crippen molar-refractivity contribution in [3.8, 4) is 0 Å². The van der Waals surface area contributed by atoms with E-state index >= 15 is 0 Å². The van der Waals surface area contributed by atoms with Crippen LogP contribution in [0.5, 0.6) is 0 Å². The first-order valence-electron chi connectivity index (χ1n) is 3.48. The molecular weight excluding hydrogens is 120 g/mol. The molecule has 10 heavy (non-hydrogen) atoms. The molecule has 0 aromatic rings. The summed E-state index contributed by atoms with van der Waals surface area (Å²) in [7, 11) is 0. The molecule has 0 aromatic carbocycles. The molecule has 2 unspecified atom stereocenters. The van der Waals surface area contributed by atoms with E-state index in [0.717, 1.165) is 0 Å². The Labute approximate surface area is 62.3 Å². The fourth-order valence-corrected chi connectivity index (χ4v) is 1.11. The van der Waals surface area contributed by atoms with Crippen molar-refractivity contribution in [2.45, 2.75) is 0 Å². The van der Waals surface area contributed by atoms with Crippen LogP contribution in [-0.2, 0) is 0 Å². The number of rotatable bonds is 2. The fraction of sp³-hybridized carbons (Fsp3) is 0.200. The van der Waals surface area contributed by atoms with Gasteiger partial charge in [-0.05, 0) is 0 Å². The molecule has 0 N–H and O–H groups in total. The van der Waals surface area contributed by atoms with Crippen LogP contribution < -0.4 is 0 Å². The minimum Gasteiger partial charge on any atom is -0.102 e. The van der Waals surface area contributed by atoms with Gasteiger partial charge in [0.25, 0.3) is 0 Å². The molecule has 0 bridgehead atoms. The normalized spacial score (nSPS) is 30.0. The van der Waals surface area contributed by atoms with Gasteiger partial charge in [0, 0.05) is 11.8 Å². The first-order chi connectivity index (χ1) is 4.88. The summed E-state index contributed by atoms with van der Waals surface area (Å²) < 4.78 is 0. The Kier molecular flexibility index (Phi) is 2.27. The van der Waals surface area contributed by atoms with E-state index in [2.05, 4.69) is 25.3 Å². The third kappa shape index (κ3) is 1.27. The second-order valence-corrected chi connectivity index (χ2v) is 2.40. The molecule has 0 fully saturated rings. The quantitative estimate of drug-likeness (QED) is 0.507. The molecular formula is C10H12. The van der Waals surface area contributed by atoms with Crippen LogP contribution in [0.3, 0.4) is 0 Å². The van der Waals surface area contributed by atoms with E-state index in [4.69, 9.17) is 0 Å². The summed E-state index contributed by atoms with van der Waals surface area (Å²) in [4.78, 5) is 0. The Morgan fingerprint density at radius 2 is 1.30 bits per heavy atom. The third-order valence-electron chi connectivity index (χ3n) is 1.77. The molecule has 0 amide bonds. The summed E-state index contributed by atoms with van der Waals surface area (Å²) in [6, 6.07) is 0. The zero-order valence-corrected chi connectivity index (χ0v) is 6.03. The lowest BCUT2D eigenvalue weighted by atomic mass is 9.89. The molecule has 0 heteroatoms. The average Bonchev–Trinajstić information content (AvgIpc) is 2.04. The van der Waals surface area contributed by atoms with Crippen molar-refractivity contribution < 1.29 is 0 Å². The van der Waals surface area contributed by atoms with Gasteiger partial charge in [-0.2, -0.15) is 0 Å². The van der Waals surface area contributed by atoms with E-state index in [1.807, 2.05) is 24.3 Å². The number of hydrogen-bond acceptors (Lipinski definition) is 0. The Hall–Kier alpha value is -1.04. The van der Waals surface area contributed by atoms with Crippen LogP contribution in [-0.4, -0.2) is 0 Å². The van der Waals surface area contributed by atoms with Gasteiger partial charge in [-0.25, -0.2) is 0 Å². The second-order valence-electron chi connectivity index (χ2n) is 2.40. The zero-order chi connectivity index (χ0) is 7.40. The summed E-state index contributed by atoms with van der Waals surface area (Å²) >= 11 is 0. The molecule has 1 aliphatic rings. The maximum atomic E-state index is 3.75. The lowest BCUT2D eigenvalue weighted by Crippen LogP contribution is -2.06. The predicted octanol–water partition coefficient (Wildman–Crippen LogP) is 2.72. The summed E-state index contributed by atoms with van der Waals surface area (Å²) in [6.07, 6.45) is 12.3. The lowest BCUT2D eigenvalue weighted by molar-refractivity contribution is 0.670. The Balaban J connectivity index is 2.72. The Morgan fingerprint density at radius 1 is 0.900 bits per heavy atom. The molecule has 0 saturated carbocycles. The van der Waals surface area contributed by atoms with E-state index in [1.54, 1.807) is 0 Å². The zero-order valence-electron chi connectivity index (χ0n) is 6.03. The maximum absolute atomic E-state index is 3.75. The highest BCUT2D eigenvalue weighted by atomic mass is 14.1. The molecule has 0 saturated heterocycles. The number of hydrogen-bond donors (Lipinski definition) is 0. The summed E-state index contributed by atoms with van der Waals surface area (Å²) in [5.41, 5.74) is 0. The minimum atomic E-state index is 0.447. The number of allylic oxidation sites excluding steroid dienone is 6. The Bertz CT molecular complexity index is 162. The molecule has 0 aromatic heterocycles. The summed E-state index contributed by atoms with van der Waals surface area (Å²) in [5.74, 6) is 0.894. The van der Waals surface area contributed by atoms with Gasteiger partial charge in [0.1, 0.15) is 0 Å². The lowest BCUT2D eigenvalue weighted by Gasteiger charge is -2.16. The van der Waals surface area contributed by atoms with Crippen LogP contribution in [0.4, 0.5) is 0 Å². The van der Waals surface area contributed by atoms with Gasteiger partial charge in [-0.3, -0.25) is 0 Å². The van der Waals surface area contributed by atoms with Crippen molar-refractivity contribution in [3.63, 3.8) is 0 Å². The first kappa shape index (κ1) is 7.07. The first-order valence-corrected chi connectivity index (χ1v) is 3.48. The van der Waals surface area contributed by atoms with Gasteiger partial charge in [-0.1, -0.05) is 36.5 Å². The average molecular weight is 132 g/mol. The van der Waals surface area contributed by atoms with E-state index in [0.29, 0.717) is 11.8 Å². The molecule has 1 aliphatic carbocycles. The molecule has 1 rings (SSSR count). The van der Waals surface area contributed by atoms with Crippen molar-refractivity contribution >= 4 is 0 Å². The maximum Gasteiger partial charge on any atom is 0.00446 e. The summed E-state index contributed by atoms with van der Waals surface area (Å²) in [6.45, 7) is 7.50. The van der Waals surface area contributed by atoms with Gasteiger partial charge in [0.05, 0.1) is 0 Å². The largest absolute Gasteiger partial charge is 0.102 e.